The van der Waals surface area contributed by atoms with Crippen LogP contribution in [0.2, 0.25) is 0 Å². The lowest BCUT2D eigenvalue weighted by atomic mass is 9.77. The van der Waals surface area contributed by atoms with E-state index in [2.05, 4.69) is 48.1 Å². The molecule has 0 N–H and O–H groups in total. The number of hydrogen-bond acceptors (Lipinski definition) is 2. The minimum Gasteiger partial charge on any atom is -0.236 e. The summed E-state index contributed by atoms with van der Waals surface area (Å²) in [5.74, 6) is 2.59. The van der Waals surface area contributed by atoms with E-state index in [1.165, 1.54) is 114 Å². The lowest BCUT2D eigenvalue weighted by Crippen LogP contribution is -2.13. The quantitative estimate of drug-likeness (QED) is 0.253. The molecule has 2 aromatic rings. The molecule has 2 heteroatoms. The van der Waals surface area contributed by atoms with Crippen LogP contribution < -0.4 is 0 Å². The largest absolute Gasteiger partial charge is 0.236 e. The van der Waals surface area contributed by atoms with Gasteiger partial charge in [0.25, 0.3) is 0 Å². The van der Waals surface area contributed by atoms with Gasteiger partial charge in [0.15, 0.2) is 5.82 Å². The van der Waals surface area contributed by atoms with Crippen LogP contribution in [0.1, 0.15) is 134 Å². The summed E-state index contributed by atoms with van der Waals surface area (Å²) in [7, 11) is 0. The monoisotopic (exact) mass is 448 g/mol. The maximum absolute atomic E-state index is 4.67. The standard InChI is InChI=1S/C31H48N2/c1-3-5-7-8-9-10-11-13-15-27-24-32-31(33-25-27)30-22-20-29(21-23-30)28-18-16-26(17-19-28)14-12-6-4-2/h20-26,28H,3-19H2,1-2H3. The first-order chi connectivity index (χ1) is 16.3. The van der Waals surface area contributed by atoms with Gasteiger partial charge in [0.1, 0.15) is 0 Å². The third-order valence-electron chi connectivity index (χ3n) is 7.73. The average molecular weight is 449 g/mol. The Morgan fingerprint density at radius 1 is 0.667 bits per heavy atom. The highest BCUT2D eigenvalue weighted by molar-refractivity contribution is 5.55. The summed E-state index contributed by atoms with van der Waals surface area (Å²) in [6.07, 6.45) is 27.3. The van der Waals surface area contributed by atoms with Crippen LogP contribution in [0.3, 0.4) is 0 Å². The number of nitrogens with zero attached hydrogens (tertiary/aromatic N) is 2. The van der Waals surface area contributed by atoms with Gasteiger partial charge in [0.2, 0.25) is 0 Å². The van der Waals surface area contributed by atoms with Crippen molar-refractivity contribution in [3.63, 3.8) is 0 Å². The van der Waals surface area contributed by atoms with Gasteiger partial charge in [-0.05, 0) is 61.5 Å². The fourth-order valence-corrected chi connectivity index (χ4v) is 5.47. The van der Waals surface area contributed by atoms with Crippen LogP contribution in [0, 0.1) is 5.92 Å². The molecule has 1 aromatic heterocycles. The zero-order valence-electron chi connectivity index (χ0n) is 21.5. The minimum atomic E-state index is 0.747. The van der Waals surface area contributed by atoms with Gasteiger partial charge in [0, 0.05) is 18.0 Å². The van der Waals surface area contributed by atoms with Gasteiger partial charge in [-0.1, -0.05) is 109 Å². The van der Waals surface area contributed by atoms with Gasteiger partial charge in [-0.3, -0.25) is 0 Å². The molecular weight excluding hydrogens is 400 g/mol. The van der Waals surface area contributed by atoms with Gasteiger partial charge in [-0.2, -0.15) is 0 Å². The number of unbranched alkanes of at least 4 members (excludes halogenated alkanes) is 9. The Labute approximate surface area is 204 Å². The lowest BCUT2D eigenvalue weighted by Gasteiger charge is -2.29. The van der Waals surface area contributed by atoms with Gasteiger partial charge in [-0.15, -0.1) is 0 Å². The van der Waals surface area contributed by atoms with Crippen molar-refractivity contribution in [1.82, 2.24) is 9.97 Å². The molecular formula is C31H48N2. The summed E-state index contributed by atoms with van der Waals surface area (Å²) in [6, 6.07) is 9.12. The fourth-order valence-electron chi connectivity index (χ4n) is 5.47. The highest BCUT2D eigenvalue weighted by atomic mass is 14.9. The highest BCUT2D eigenvalue weighted by Crippen LogP contribution is 2.38. The van der Waals surface area contributed by atoms with Crippen molar-refractivity contribution in [3.05, 3.63) is 47.8 Å². The van der Waals surface area contributed by atoms with Crippen LogP contribution >= 0.6 is 0 Å². The Morgan fingerprint density at radius 3 is 1.88 bits per heavy atom. The molecule has 0 atom stereocenters. The van der Waals surface area contributed by atoms with Crippen LogP contribution in [0.4, 0.5) is 0 Å². The Kier molecular flexibility index (Phi) is 12.0. The normalized spacial score (nSPS) is 18.5. The Bertz CT molecular complexity index is 741. The molecule has 182 valence electrons. The maximum atomic E-state index is 4.67. The molecule has 0 radical (unpaired) electrons. The zero-order valence-corrected chi connectivity index (χ0v) is 21.5. The molecule has 1 aromatic carbocycles. The van der Waals surface area contributed by atoms with Crippen molar-refractivity contribution < 1.29 is 0 Å². The number of aryl methyl sites for hydroxylation is 1. The van der Waals surface area contributed by atoms with Gasteiger partial charge >= 0.3 is 0 Å². The third-order valence-corrected chi connectivity index (χ3v) is 7.73. The summed E-state index contributed by atoms with van der Waals surface area (Å²) < 4.78 is 0. The summed E-state index contributed by atoms with van der Waals surface area (Å²) in [6.45, 7) is 4.58. The van der Waals surface area contributed by atoms with E-state index in [-0.39, 0.29) is 0 Å². The fraction of sp³-hybridized carbons (Fsp3) is 0.677. The second kappa shape index (κ2) is 15.3. The Morgan fingerprint density at radius 2 is 1.24 bits per heavy atom. The van der Waals surface area contributed by atoms with E-state index in [9.17, 15) is 0 Å². The SMILES string of the molecule is CCCCCCCCCCc1cnc(-c2ccc(C3CCC(CCCCC)CC3)cc2)nc1. The highest BCUT2D eigenvalue weighted by Gasteiger charge is 2.22. The molecule has 1 fully saturated rings. The molecule has 0 unspecified atom stereocenters. The lowest BCUT2D eigenvalue weighted by molar-refractivity contribution is 0.303. The van der Waals surface area contributed by atoms with Crippen LogP contribution in [0.15, 0.2) is 36.7 Å². The van der Waals surface area contributed by atoms with E-state index in [4.69, 9.17) is 0 Å². The van der Waals surface area contributed by atoms with Crippen molar-refractivity contribution in [3.8, 4) is 11.4 Å². The first-order valence-corrected chi connectivity index (χ1v) is 14.2. The van der Waals surface area contributed by atoms with Gasteiger partial charge in [0.05, 0.1) is 0 Å². The Balaban J connectivity index is 1.38. The Hall–Kier alpha value is -1.70. The minimum absolute atomic E-state index is 0.747. The number of rotatable bonds is 15. The molecule has 1 aliphatic carbocycles. The first-order valence-electron chi connectivity index (χ1n) is 14.2. The molecule has 1 aliphatic rings. The zero-order chi connectivity index (χ0) is 23.1. The van der Waals surface area contributed by atoms with E-state index in [1.807, 2.05) is 12.4 Å². The second-order valence-corrected chi connectivity index (χ2v) is 10.5. The predicted molar refractivity (Wildman–Crippen MR) is 143 cm³/mol. The van der Waals surface area contributed by atoms with Gasteiger partial charge < -0.3 is 0 Å². The molecule has 3 rings (SSSR count). The second-order valence-electron chi connectivity index (χ2n) is 10.5. The predicted octanol–water partition coefficient (Wildman–Crippen LogP) is 9.68. The van der Waals surface area contributed by atoms with Crippen molar-refractivity contribution >= 4 is 0 Å². The van der Waals surface area contributed by atoms with Crippen LogP contribution in [0.5, 0.6) is 0 Å². The van der Waals surface area contributed by atoms with E-state index < -0.39 is 0 Å². The van der Waals surface area contributed by atoms with E-state index in [0.29, 0.717) is 0 Å². The topological polar surface area (TPSA) is 25.8 Å². The van der Waals surface area contributed by atoms with Crippen molar-refractivity contribution in [2.45, 2.75) is 129 Å². The van der Waals surface area contributed by atoms with Crippen LogP contribution in [-0.4, -0.2) is 9.97 Å². The van der Waals surface area contributed by atoms with Crippen LogP contribution in [0.25, 0.3) is 11.4 Å². The van der Waals surface area contributed by atoms with E-state index >= 15 is 0 Å². The molecule has 0 aliphatic heterocycles. The summed E-state index contributed by atoms with van der Waals surface area (Å²) in [5, 5.41) is 0. The smallest absolute Gasteiger partial charge is 0.159 e. The molecule has 0 bridgehead atoms. The molecule has 0 saturated heterocycles. The average Bonchev–Trinajstić information content (AvgIpc) is 2.87. The van der Waals surface area contributed by atoms with Crippen LogP contribution in [-0.2, 0) is 6.42 Å². The number of aromatic nitrogens is 2. The maximum Gasteiger partial charge on any atom is 0.159 e. The van der Waals surface area contributed by atoms with Gasteiger partial charge in [-0.25, -0.2) is 9.97 Å². The number of benzene rings is 1. The van der Waals surface area contributed by atoms with Crippen molar-refractivity contribution in [2.24, 2.45) is 5.92 Å². The van der Waals surface area contributed by atoms with E-state index in [1.54, 1.807) is 0 Å². The molecule has 0 spiro atoms. The summed E-state index contributed by atoms with van der Waals surface area (Å²) in [4.78, 5) is 9.35. The number of hydrogen-bond donors (Lipinski definition) is 0. The molecule has 2 nitrogen and oxygen atoms in total. The first kappa shape index (κ1) is 25.9. The molecule has 0 amide bonds. The molecule has 1 heterocycles. The van der Waals surface area contributed by atoms with E-state index in [0.717, 1.165) is 29.6 Å². The molecule has 33 heavy (non-hydrogen) atoms. The summed E-state index contributed by atoms with van der Waals surface area (Å²) >= 11 is 0. The summed E-state index contributed by atoms with van der Waals surface area (Å²) in [5.41, 5.74) is 3.93. The van der Waals surface area contributed by atoms with Crippen molar-refractivity contribution in [2.75, 3.05) is 0 Å². The van der Waals surface area contributed by atoms with Crippen molar-refractivity contribution in [1.29, 1.82) is 0 Å². The third kappa shape index (κ3) is 9.22. The molecule has 1 saturated carbocycles.